The fourth-order valence-corrected chi connectivity index (χ4v) is 7.40. The topological polar surface area (TPSA) is 86.7 Å². The van der Waals surface area contributed by atoms with Crippen molar-refractivity contribution in [3.8, 4) is 5.75 Å². The molecule has 0 aromatic heterocycles. The highest BCUT2D eigenvalue weighted by Gasteiger charge is 2.45. The van der Waals surface area contributed by atoms with Gasteiger partial charge >= 0.3 is 5.97 Å². The van der Waals surface area contributed by atoms with Gasteiger partial charge in [0.05, 0.1) is 20.5 Å². The van der Waals surface area contributed by atoms with E-state index in [2.05, 4.69) is 15.9 Å². The molecule has 9 heteroatoms. The van der Waals surface area contributed by atoms with Crippen LogP contribution in [0.25, 0.3) is 10.8 Å². The summed E-state index contributed by atoms with van der Waals surface area (Å²) in [4.78, 5) is 26.2. The largest absolute Gasteiger partial charge is 0.486 e. The van der Waals surface area contributed by atoms with Crippen molar-refractivity contribution >= 4 is 59.4 Å². The molecule has 1 heterocycles. The first-order valence-electron chi connectivity index (χ1n) is 13.1. The molecule has 0 spiro atoms. The zero-order valence-electron chi connectivity index (χ0n) is 22.7. The molecular formula is C32H29BrO6S2. The van der Waals surface area contributed by atoms with E-state index in [-0.39, 0.29) is 20.7 Å². The minimum atomic E-state index is -3.80. The van der Waals surface area contributed by atoms with E-state index in [0.717, 1.165) is 22.5 Å². The van der Waals surface area contributed by atoms with Gasteiger partial charge in [0.2, 0.25) is 15.0 Å². The normalized spacial score (nSPS) is 18.6. The van der Waals surface area contributed by atoms with Gasteiger partial charge in [0, 0.05) is 16.9 Å². The summed E-state index contributed by atoms with van der Waals surface area (Å²) in [5.74, 6) is -0.402. The Hall–Kier alpha value is -3.14. The maximum absolute atomic E-state index is 13.3. The van der Waals surface area contributed by atoms with Gasteiger partial charge in [0.15, 0.2) is 0 Å². The summed E-state index contributed by atoms with van der Waals surface area (Å²) in [6, 6.07) is 26.1. The van der Waals surface area contributed by atoms with E-state index in [0.29, 0.717) is 16.9 Å². The number of thioether (sulfide) groups is 1. The summed E-state index contributed by atoms with van der Waals surface area (Å²) in [6.45, 7) is 5.45. The van der Waals surface area contributed by atoms with Crippen molar-refractivity contribution in [3.05, 3.63) is 102 Å². The van der Waals surface area contributed by atoms with E-state index < -0.39 is 38.3 Å². The van der Waals surface area contributed by atoms with Crippen LogP contribution in [-0.2, 0) is 19.4 Å². The smallest absolute Gasteiger partial charge is 0.310 e. The second-order valence-corrected chi connectivity index (χ2v) is 14.4. The minimum absolute atomic E-state index is 0.0794. The van der Waals surface area contributed by atoms with Crippen LogP contribution in [0.4, 0.5) is 0 Å². The summed E-state index contributed by atoms with van der Waals surface area (Å²) < 4.78 is 38.8. The number of esters is 1. The van der Waals surface area contributed by atoms with Crippen molar-refractivity contribution in [1.29, 1.82) is 0 Å². The lowest BCUT2D eigenvalue weighted by Crippen LogP contribution is -2.47. The Morgan fingerprint density at radius 2 is 1.63 bits per heavy atom. The summed E-state index contributed by atoms with van der Waals surface area (Å²) in [5.41, 5.74) is 0.310. The van der Waals surface area contributed by atoms with Crippen molar-refractivity contribution in [2.24, 2.45) is 5.92 Å². The fraction of sp³-hybridized carbons (Fsp3) is 0.250. The van der Waals surface area contributed by atoms with Gasteiger partial charge in [-0.2, -0.15) is 0 Å². The van der Waals surface area contributed by atoms with E-state index in [9.17, 15) is 18.0 Å². The van der Waals surface area contributed by atoms with E-state index in [4.69, 9.17) is 9.47 Å². The molecule has 0 saturated heterocycles. The van der Waals surface area contributed by atoms with Crippen LogP contribution < -0.4 is 4.74 Å². The van der Waals surface area contributed by atoms with Gasteiger partial charge in [-0.15, -0.1) is 0 Å². The molecule has 0 fully saturated rings. The number of carbonyl (C=O) groups is 2. The molecule has 0 radical (unpaired) electrons. The lowest BCUT2D eigenvalue weighted by Gasteiger charge is -2.41. The van der Waals surface area contributed by atoms with Crippen molar-refractivity contribution in [1.82, 2.24) is 0 Å². The first kappa shape index (κ1) is 29.4. The van der Waals surface area contributed by atoms with Crippen LogP contribution in [0.5, 0.6) is 5.75 Å². The van der Waals surface area contributed by atoms with Crippen LogP contribution in [0.3, 0.4) is 0 Å². The molecular weight excluding hydrogens is 624 g/mol. The summed E-state index contributed by atoms with van der Waals surface area (Å²) in [5, 5.41) is 1.73. The van der Waals surface area contributed by atoms with Crippen LogP contribution in [0.1, 0.15) is 42.8 Å². The number of benzene rings is 4. The number of hydrogen-bond donors (Lipinski definition) is 0. The Morgan fingerprint density at radius 1 is 0.951 bits per heavy atom. The van der Waals surface area contributed by atoms with Crippen LogP contribution in [0, 0.1) is 5.92 Å². The lowest BCUT2D eigenvalue weighted by atomic mass is 9.91. The van der Waals surface area contributed by atoms with Crippen molar-refractivity contribution in [3.63, 3.8) is 0 Å². The van der Waals surface area contributed by atoms with Crippen molar-refractivity contribution in [2.75, 3.05) is 5.75 Å². The monoisotopic (exact) mass is 652 g/mol. The highest BCUT2D eigenvalue weighted by atomic mass is 79.9. The number of hydrogen-bond acceptors (Lipinski definition) is 7. The van der Waals surface area contributed by atoms with Crippen molar-refractivity contribution < 1.29 is 27.5 Å². The van der Waals surface area contributed by atoms with Gasteiger partial charge in [-0.05, 0) is 61.0 Å². The Labute approximate surface area is 252 Å². The summed E-state index contributed by atoms with van der Waals surface area (Å²) >= 11 is 4.73. The number of ether oxygens (including phenoxy) is 2. The molecule has 4 aromatic carbocycles. The second-order valence-electron chi connectivity index (χ2n) is 10.5. The van der Waals surface area contributed by atoms with Gasteiger partial charge in [0.25, 0.3) is 0 Å². The van der Waals surface area contributed by atoms with Gasteiger partial charge in [-0.3, -0.25) is 9.59 Å². The molecule has 1 aliphatic heterocycles. The number of carbonyl (C=O) groups excluding carboxylic acids is 2. The summed E-state index contributed by atoms with van der Waals surface area (Å²) in [6.07, 6.45) is -0.812. The third-order valence-corrected chi connectivity index (χ3v) is 11.6. The van der Waals surface area contributed by atoms with Crippen LogP contribution in [0.15, 0.2) is 101 Å². The Balaban J connectivity index is 1.36. The first-order chi connectivity index (χ1) is 19.5. The molecule has 212 valence electrons. The SMILES string of the molecule is C[C@H](CSC(=O)c1cccc2ccccc12)C(=O)O[C@H]1c2cc(S(=O)(=O)c3ccccc3)ccc2OC(C)(C)[C@@H]1Br. The third-order valence-electron chi connectivity index (χ3n) is 7.07. The van der Waals surface area contributed by atoms with E-state index in [1.807, 2.05) is 50.2 Å². The van der Waals surface area contributed by atoms with E-state index in [1.54, 1.807) is 37.3 Å². The summed E-state index contributed by atoms with van der Waals surface area (Å²) in [7, 11) is -3.80. The van der Waals surface area contributed by atoms with Crippen LogP contribution in [0.2, 0.25) is 0 Å². The number of alkyl halides is 1. The number of halogens is 1. The highest BCUT2D eigenvalue weighted by Crippen LogP contribution is 2.46. The molecule has 4 aromatic rings. The Kier molecular flexibility index (Phi) is 8.32. The average Bonchev–Trinajstić information content (AvgIpc) is 2.97. The first-order valence-corrected chi connectivity index (χ1v) is 16.5. The maximum atomic E-state index is 13.3. The standard InChI is InChI=1S/C32H29BrO6S2/c1-20(19-40-31(35)25-15-9-11-21-10-7-8-14-24(21)25)30(34)38-28-26-18-23(41(36,37)22-12-5-4-6-13-22)16-17-27(26)39-32(2,3)29(28)33/h4-18,20,28-29H,19H2,1-3H3/t20-,28+,29-/m1/s1. The molecule has 0 saturated carbocycles. The van der Waals surface area contributed by atoms with E-state index in [1.165, 1.54) is 24.3 Å². The zero-order valence-corrected chi connectivity index (χ0v) is 26.0. The predicted molar refractivity (Wildman–Crippen MR) is 164 cm³/mol. The molecule has 0 N–H and O–H groups in total. The third kappa shape index (κ3) is 5.94. The molecule has 0 unspecified atom stereocenters. The molecule has 0 amide bonds. The van der Waals surface area contributed by atoms with Crippen LogP contribution >= 0.6 is 27.7 Å². The molecule has 0 bridgehead atoms. The minimum Gasteiger partial charge on any atom is -0.486 e. The molecule has 0 aliphatic carbocycles. The van der Waals surface area contributed by atoms with Crippen LogP contribution in [-0.4, -0.2) is 35.7 Å². The van der Waals surface area contributed by atoms with Gasteiger partial charge in [0.1, 0.15) is 17.5 Å². The molecule has 5 rings (SSSR count). The lowest BCUT2D eigenvalue weighted by molar-refractivity contribution is -0.156. The molecule has 6 nitrogen and oxygen atoms in total. The number of rotatable bonds is 7. The average molecular weight is 654 g/mol. The van der Waals surface area contributed by atoms with Gasteiger partial charge in [-0.25, -0.2) is 8.42 Å². The maximum Gasteiger partial charge on any atom is 0.310 e. The molecule has 1 aliphatic rings. The fourth-order valence-electron chi connectivity index (χ4n) is 4.72. The molecule has 41 heavy (non-hydrogen) atoms. The predicted octanol–water partition coefficient (Wildman–Crippen LogP) is 7.40. The highest BCUT2D eigenvalue weighted by molar-refractivity contribution is 9.09. The second kappa shape index (κ2) is 11.6. The van der Waals surface area contributed by atoms with Gasteiger partial charge in [-0.1, -0.05) is 89.2 Å². The van der Waals surface area contributed by atoms with Crippen molar-refractivity contribution in [2.45, 2.75) is 47.1 Å². The molecule has 3 atom stereocenters. The van der Waals surface area contributed by atoms with Gasteiger partial charge < -0.3 is 9.47 Å². The number of fused-ring (bicyclic) bond motifs is 2. The zero-order chi connectivity index (χ0) is 29.4. The number of sulfone groups is 1. The Morgan fingerprint density at radius 3 is 2.39 bits per heavy atom. The van der Waals surface area contributed by atoms with E-state index >= 15 is 0 Å². The Bertz CT molecular complexity index is 1710. The quantitative estimate of drug-likeness (QED) is 0.152.